The van der Waals surface area contributed by atoms with Gasteiger partial charge in [-0.25, -0.2) is 0 Å². The molecule has 1 atom stereocenters. The smallest absolute Gasteiger partial charge is 0.309 e. The van der Waals surface area contributed by atoms with Gasteiger partial charge in [0.25, 0.3) is 0 Å². The molecule has 120 valence electrons. The number of benzene rings is 2. The molecule has 2 rings (SSSR count). The van der Waals surface area contributed by atoms with Crippen molar-refractivity contribution in [1.29, 1.82) is 0 Å². The Kier molecular flexibility index (Phi) is 6.18. The van der Waals surface area contributed by atoms with Crippen molar-refractivity contribution < 1.29 is 9.59 Å². The van der Waals surface area contributed by atoms with E-state index in [-0.39, 0.29) is 6.04 Å². The molecule has 0 spiro atoms. The molecule has 2 N–H and O–H groups in total. The fourth-order valence-electron chi connectivity index (χ4n) is 2.18. The third-order valence-electron chi connectivity index (χ3n) is 3.44. The third kappa shape index (κ3) is 5.42. The molecule has 0 aliphatic heterocycles. The van der Waals surface area contributed by atoms with E-state index in [0.717, 1.165) is 11.1 Å². The lowest BCUT2D eigenvalue weighted by Crippen LogP contribution is -2.41. The summed E-state index contributed by atoms with van der Waals surface area (Å²) in [4.78, 5) is 23.7. The number of amides is 2. The molecule has 0 saturated heterocycles. The van der Waals surface area contributed by atoms with Gasteiger partial charge >= 0.3 is 11.8 Å². The highest BCUT2D eigenvalue weighted by Gasteiger charge is 2.16. The summed E-state index contributed by atoms with van der Waals surface area (Å²) >= 11 is 5.90. The summed E-state index contributed by atoms with van der Waals surface area (Å²) in [5.41, 5.74) is 1.96. The maximum Gasteiger partial charge on any atom is 0.309 e. The summed E-state index contributed by atoms with van der Waals surface area (Å²) in [6.07, 6.45) is 0.619. The van der Waals surface area contributed by atoms with E-state index in [1.165, 1.54) is 0 Å². The van der Waals surface area contributed by atoms with E-state index in [0.29, 0.717) is 18.0 Å². The van der Waals surface area contributed by atoms with Crippen molar-refractivity contribution in [3.05, 3.63) is 70.7 Å². The minimum Gasteiger partial charge on any atom is -0.348 e. The number of carbonyl (C=O) groups is 2. The molecule has 1 unspecified atom stereocenters. The predicted molar refractivity (Wildman–Crippen MR) is 91.2 cm³/mol. The normalized spacial score (nSPS) is 11.6. The van der Waals surface area contributed by atoms with Gasteiger partial charge in [0.05, 0.1) is 6.04 Å². The molecule has 0 radical (unpaired) electrons. The van der Waals surface area contributed by atoms with Gasteiger partial charge in [-0.2, -0.15) is 0 Å². The van der Waals surface area contributed by atoms with Crippen LogP contribution in [0.1, 0.15) is 24.1 Å². The minimum atomic E-state index is -0.632. The van der Waals surface area contributed by atoms with E-state index in [2.05, 4.69) is 10.6 Å². The van der Waals surface area contributed by atoms with Crippen LogP contribution in [0, 0.1) is 0 Å². The molecular formula is C18H19ClN2O2. The topological polar surface area (TPSA) is 58.2 Å². The Bertz CT molecular complexity index is 674. The van der Waals surface area contributed by atoms with Gasteiger partial charge in [-0.05, 0) is 36.6 Å². The maximum absolute atomic E-state index is 11.9. The quantitative estimate of drug-likeness (QED) is 0.828. The van der Waals surface area contributed by atoms with Crippen LogP contribution < -0.4 is 10.6 Å². The average molecular weight is 331 g/mol. The molecule has 0 aliphatic rings. The largest absolute Gasteiger partial charge is 0.348 e. The zero-order chi connectivity index (χ0) is 16.7. The lowest BCUT2D eigenvalue weighted by atomic mass is 10.1. The molecule has 0 heterocycles. The lowest BCUT2D eigenvalue weighted by Gasteiger charge is -2.14. The van der Waals surface area contributed by atoms with Crippen molar-refractivity contribution >= 4 is 23.4 Å². The monoisotopic (exact) mass is 330 g/mol. The van der Waals surface area contributed by atoms with E-state index in [9.17, 15) is 9.59 Å². The van der Waals surface area contributed by atoms with Gasteiger partial charge in [0, 0.05) is 11.6 Å². The first kappa shape index (κ1) is 17.0. The first-order valence-corrected chi connectivity index (χ1v) is 7.82. The number of carbonyl (C=O) groups excluding carboxylic acids is 2. The van der Waals surface area contributed by atoms with E-state index >= 15 is 0 Å². The van der Waals surface area contributed by atoms with Gasteiger partial charge in [0.15, 0.2) is 0 Å². The molecule has 2 amide bonds. The Balaban J connectivity index is 1.78. The Morgan fingerprint density at radius 3 is 2.48 bits per heavy atom. The number of nitrogens with one attached hydrogen (secondary N) is 2. The maximum atomic E-state index is 11.9. The van der Waals surface area contributed by atoms with Crippen LogP contribution in [0.15, 0.2) is 54.6 Å². The number of halogens is 1. The van der Waals surface area contributed by atoms with Crippen LogP contribution in [0.25, 0.3) is 0 Å². The van der Waals surface area contributed by atoms with Crippen LogP contribution in [-0.2, 0) is 16.0 Å². The van der Waals surface area contributed by atoms with Gasteiger partial charge in [-0.15, -0.1) is 0 Å². The molecule has 23 heavy (non-hydrogen) atoms. The van der Waals surface area contributed by atoms with E-state index in [4.69, 9.17) is 11.6 Å². The number of rotatable bonds is 5. The van der Waals surface area contributed by atoms with Crippen LogP contribution in [0.4, 0.5) is 0 Å². The van der Waals surface area contributed by atoms with Crippen molar-refractivity contribution in [2.24, 2.45) is 0 Å². The van der Waals surface area contributed by atoms with Crippen LogP contribution in [-0.4, -0.2) is 18.4 Å². The van der Waals surface area contributed by atoms with E-state index in [1.54, 1.807) is 6.07 Å². The van der Waals surface area contributed by atoms with Gasteiger partial charge in [-0.3, -0.25) is 9.59 Å². The molecule has 0 bridgehead atoms. The predicted octanol–water partition coefficient (Wildman–Crippen LogP) is 2.88. The summed E-state index contributed by atoms with van der Waals surface area (Å²) in [5, 5.41) is 5.95. The van der Waals surface area contributed by atoms with E-state index in [1.807, 2.05) is 55.5 Å². The van der Waals surface area contributed by atoms with Gasteiger partial charge in [0.1, 0.15) is 0 Å². The van der Waals surface area contributed by atoms with Crippen LogP contribution in [0.2, 0.25) is 5.02 Å². The second-order valence-electron chi connectivity index (χ2n) is 5.24. The van der Waals surface area contributed by atoms with Crippen molar-refractivity contribution in [1.82, 2.24) is 10.6 Å². The van der Waals surface area contributed by atoms with Crippen molar-refractivity contribution in [3.8, 4) is 0 Å². The standard InChI is InChI=1S/C18H19ClN2O2/c1-13(15-7-3-2-4-8-15)21-18(23)17(22)20-11-10-14-6-5-9-16(19)12-14/h2-9,12-13H,10-11H2,1H3,(H,20,22)(H,21,23). The highest BCUT2D eigenvalue weighted by atomic mass is 35.5. The Labute approximate surface area is 140 Å². The Morgan fingerprint density at radius 2 is 1.78 bits per heavy atom. The molecule has 0 aliphatic carbocycles. The highest BCUT2D eigenvalue weighted by Crippen LogP contribution is 2.11. The second-order valence-corrected chi connectivity index (χ2v) is 5.68. The summed E-state index contributed by atoms with van der Waals surface area (Å²) in [6, 6.07) is 16.7. The van der Waals surface area contributed by atoms with Crippen LogP contribution >= 0.6 is 11.6 Å². The first-order chi connectivity index (χ1) is 11.1. The number of hydrogen-bond acceptors (Lipinski definition) is 2. The Hall–Kier alpha value is -2.33. The molecule has 0 saturated carbocycles. The molecule has 2 aromatic rings. The van der Waals surface area contributed by atoms with E-state index < -0.39 is 11.8 Å². The van der Waals surface area contributed by atoms with Crippen molar-refractivity contribution in [2.45, 2.75) is 19.4 Å². The molecule has 0 aromatic heterocycles. The zero-order valence-electron chi connectivity index (χ0n) is 12.9. The fraction of sp³-hybridized carbons (Fsp3) is 0.222. The summed E-state index contributed by atoms with van der Waals surface area (Å²) < 4.78 is 0. The van der Waals surface area contributed by atoms with Gasteiger partial charge in [-0.1, -0.05) is 54.1 Å². The van der Waals surface area contributed by atoms with Crippen molar-refractivity contribution in [3.63, 3.8) is 0 Å². The zero-order valence-corrected chi connectivity index (χ0v) is 13.6. The Morgan fingerprint density at radius 1 is 1.04 bits per heavy atom. The molecular weight excluding hydrogens is 312 g/mol. The fourth-order valence-corrected chi connectivity index (χ4v) is 2.39. The molecule has 0 fully saturated rings. The van der Waals surface area contributed by atoms with Crippen molar-refractivity contribution in [2.75, 3.05) is 6.54 Å². The average Bonchev–Trinajstić information content (AvgIpc) is 2.55. The van der Waals surface area contributed by atoms with Crippen LogP contribution in [0.3, 0.4) is 0 Å². The lowest BCUT2D eigenvalue weighted by molar-refractivity contribution is -0.139. The van der Waals surface area contributed by atoms with Gasteiger partial charge in [0.2, 0.25) is 0 Å². The first-order valence-electron chi connectivity index (χ1n) is 7.44. The SMILES string of the molecule is CC(NC(=O)C(=O)NCCc1cccc(Cl)c1)c1ccccc1. The van der Waals surface area contributed by atoms with Crippen LogP contribution in [0.5, 0.6) is 0 Å². The molecule has 4 nitrogen and oxygen atoms in total. The second kappa shape index (κ2) is 8.34. The summed E-state index contributed by atoms with van der Waals surface area (Å²) in [5.74, 6) is -1.26. The highest BCUT2D eigenvalue weighted by molar-refractivity contribution is 6.35. The summed E-state index contributed by atoms with van der Waals surface area (Å²) in [6.45, 7) is 2.22. The minimum absolute atomic E-state index is 0.220. The summed E-state index contributed by atoms with van der Waals surface area (Å²) in [7, 11) is 0. The molecule has 2 aromatic carbocycles. The van der Waals surface area contributed by atoms with Gasteiger partial charge < -0.3 is 10.6 Å². The third-order valence-corrected chi connectivity index (χ3v) is 3.68. The molecule has 5 heteroatoms. The number of hydrogen-bond donors (Lipinski definition) is 2.